The number of nitrogens with two attached hydrogens (primary N) is 1. The first-order chi connectivity index (χ1) is 7.41. The van der Waals surface area contributed by atoms with Crippen molar-refractivity contribution in [2.45, 2.75) is 13.8 Å². The molecule has 0 aliphatic carbocycles. The van der Waals surface area contributed by atoms with Gasteiger partial charge in [-0.05, 0) is 13.0 Å². The summed E-state index contributed by atoms with van der Waals surface area (Å²) in [6, 6.07) is 1.64. The molecule has 0 saturated heterocycles. The van der Waals surface area contributed by atoms with Gasteiger partial charge in [0.25, 0.3) is 0 Å². The largest absolute Gasteiger partial charge is 0.491 e. The van der Waals surface area contributed by atoms with Crippen molar-refractivity contribution >= 4 is 23.2 Å². The van der Waals surface area contributed by atoms with Crippen LogP contribution >= 0.6 is 11.3 Å². The number of aryl methyl sites for hydroxylation is 1. The lowest BCUT2D eigenvalue weighted by Crippen LogP contribution is -2.25. The second-order valence-electron chi connectivity index (χ2n) is 3.47. The summed E-state index contributed by atoms with van der Waals surface area (Å²) in [5, 5.41) is 8.89. The van der Waals surface area contributed by atoms with Crippen LogP contribution in [0.25, 0.3) is 0 Å². The molecule has 0 bridgehead atoms. The molecule has 0 aliphatic heterocycles. The van der Waals surface area contributed by atoms with Gasteiger partial charge in [0, 0.05) is 4.88 Å². The van der Waals surface area contributed by atoms with E-state index >= 15 is 0 Å². The van der Waals surface area contributed by atoms with Crippen LogP contribution in [-0.2, 0) is 4.79 Å². The molecule has 1 aromatic rings. The monoisotopic (exact) mass is 243 g/mol. The first-order valence-electron chi connectivity index (χ1n) is 4.67. The summed E-state index contributed by atoms with van der Waals surface area (Å²) in [5.74, 6) is -1.64. The van der Waals surface area contributed by atoms with Crippen LogP contribution in [0.3, 0.4) is 0 Å². The highest BCUT2D eigenvalue weighted by atomic mass is 32.1. The van der Waals surface area contributed by atoms with Crippen molar-refractivity contribution in [2.75, 3.05) is 6.61 Å². The number of carbonyl (C=O) groups is 2. The number of carboxylic acids is 1. The van der Waals surface area contributed by atoms with Crippen LogP contribution in [0.5, 0.6) is 5.75 Å². The SMILES string of the molecule is Cc1cc(OCC(C)C(N)=O)c(C(=O)O)s1. The average molecular weight is 243 g/mol. The summed E-state index contributed by atoms with van der Waals surface area (Å²) in [7, 11) is 0. The molecule has 0 aromatic carbocycles. The molecule has 1 heterocycles. The predicted molar refractivity (Wildman–Crippen MR) is 59.9 cm³/mol. The molecule has 0 fully saturated rings. The van der Waals surface area contributed by atoms with E-state index in [4.69, 9.17) is 15.6 Å². The molecule has 0 aliphatic rings. The van der Waals surface area contributed by atoms with Crippen LogP contribution in [0.4, 0.5) is 0 Å². The Labute approximate surface area is 96.8 Å². The van der Waals surface area contributed by atoms with Gasteiger partial charge in [0.15, 0.2) is 4.88 Å². The quantitative estimate of drug-likeness (QED) is 0.814. The number of rotatable bonds is 5. The van der Waals surface area contributed by atoms with E-state index in [0.717, 1.165) is 16.2 Å². The van der Waals surface area contributed by atoms with Gasteiger partial charge in [0.1, 0.15) is 5.75 Å². The molecule has 1 atom stereocenters. The average Bonchev–Trinajstić information content (AvgIpc) is 2.56. The summed E-state index contributed by atoms with van der Waals surface area (Å²) in [4.78, 5) is 22.6. The van der Waals surface area contributed by atoms with Crippen molar-refractivity contribution in [1.29, 1.82) is 0 Å². The molecule has 6 heteroatoms. The molecular formula is C10H13NO4S. The number of thiophene rings is 1. The molecule has 5 nitrogen and oxygen atoms in total. The third kappa shape index (κ3) is 2.96. The summed E-state index contributed by atoms with van der Waals surface area (Å²) < 4.78 is 5.27. The van der Waals surface area contributed by atoms with Crippen molar-refractivity contribution in [2.24, 2.45) is 11.7 Å². The lowest BCUT2D eigenvalue weighted by Gasteiger charge is -2.08. The molecule has 16 heavy (non-hydrogen) atoms. The minimum atomic E-state index is -1.03. The Morgan fingerprint density at radius 2 is 2.25 bits per heavy atom. The van der Waals surface area contributed by atoms with Gasteiger partial charge < -0.3 is 15.6 Å². The van der Waals surface area contributed by atoms with Crippen LogP contribution in [0.1, 0.15) is 21.5 Å². The zero-order valence-corrected chi connectivity index (χ0v) is 9.84. The van der Waals surface area contributed by atoms with Crippen LogP contribution in [-0.4, -0.2) is 23.6 Å². The van der Waals surface area contributed by atoms with Crippen LogP contribution in [0.15, 0.2) is 6.07 Å². The fourth-order valence-electron chi connectivity index (χ4n) is 1.04. The first kappa shape index (κ1) is 12.5. The molecule has 0 saturated carbocycles. The first-order valence-corrected chi connectivity index (χ1v) is 5.49. The molecule has 1 amide bonds. The fourth-order valence-corrected chi connectivity index (χ4v) is 1.84. The zero-order chi connectivity index (χ0) is 12.3. The van der Waals surface area contributed by atoms with E-state index < -0.39 is 17.8 Å². The Balaban J connectivity index is 2.73. The molecule has 1 unspecified atom stereocenters. The fraction of sp³-hybridized carbons (Fsp3) is 0.400. The van der Waals surface area contributed by atoms with Crippen LogP contribution in [0.2, 0.25) is 0 Å². The lowest BCUT2D eigenvalue weighted by atomic mass is 10.2. The van der Waals surface area contributed by atoms with Gasteiger partial charge in [0.05, 0.1) is 12.5 Å². The normalized spacial score (nSPS) is 12.1. The third-order valence-electron chi connectivity index (χ3n) is 1.99. The van der Waals surface area contributed by atoms with E-state index in [1.807, 2.05) is 0 Å². The number of carbonyl (C=O) groups excluding carboxylic acids is 1. The number of hydrogen-bond donors (Lipinski definition) is 2. The molecular weight excluding hydrogens is 230 g/mol. The Morgan fingerprint density at radius 1 is 1.62 bits per heavy atom. The second kappa shape index (κ2) is 4.98. The van der Waals surface area contributed by atoms with Gasteiger partial charge in [0.2, 0.25) is 5.91 Å². The minimum Gasteiger partial charge on any atom is -0.491 e. The Hall–Kier alpha value is -1.56. The highest BCUT2D eigenvalue weighted by molar-refractivity contribution is 7.14. The molecule has 1 rings (SSSR count). The van der Waals surface area contributed by atoms with Crippen molar-refractivity contribution in [3.05, 3.63) is 15.8 Å². The van der Waals surface area contributed by atoms with E-state index in [-0.39, 0.29) is 11.5 Å². The van der Waals surface area contributed by atoms with E-state index in [2.05, 4.69) is 0 Å². The topological polar surface area (TPSA) is 89.6 Å². The molecule has 0 spiro atoms. The number of ether oxygens (including phenoxy) is 1. The number of carboxylic acid groups (broad SMARTS) is 1. The minimum absolute atomic E-state index is 0.0891. The third-order valence-corrected chi connectivity index (χ3v) is 3.01. The molecule has 0 radical (unpaired) electrons. The van der Waals surface area contributed by atoms with Gasteiger partial charge in [-0.2, -0.15) is 0 Å². The van der Waals surface area contributed by atoms with E-state index in [1.54, 1.807) is 19.9 Å². The van der Waals surface area contributed by atoms with Crippen molar-refractivity contribution in [3.63, 3.8) is 0 Å². The maximum absolute atomic E-state index is 10.9. The Kier molecular flexibility index (Phi) is 3.89. The van der Waals surface area contributed by atoms with Crippen molar-refractivity contribution < 1.29 is 19.4 Å². The summed E-state index contributed by atoms with van der Waals surface area (Å²) in [5.41, 5.74) is 5.07. The number of primary amides is 1. The Morgan fingerprint density at radius 3 is 2.75 bits per heavy atom. The maximum atomic E-state index is 10.9. The van der Waals surface area contributed by atoms with E-state index in [9.17, 15) is 9.59 Å². The number of amides is 1. The van der Waals surface area contributed by atoms with E-state index in [1.165, 1.54) is 0 Å². The van der Waals surface area contributed by atoms with Crippen molar-refractivity contribution in [1.82, 2.24) is 0 Å². The van der Waals surface area contributed by atoms with Gasteiger partial charge in [-0.15, -0.1) is 11.3 Å². The van der Waals surface area contributed by atoms with Crippen LogP contribution in [0, 0.1) is 12.8 Å². The highest BCUT2D eigenvalue weighted by Crippen LogP contribution is 2.29. The summed E-state index contributed by atoms with van der Waals surface area (Å²) >= 11 is 1.14. The standard InChI is InChI=1S/C10H13NO4S/c1-5(9(11)12)4-15-7-3-6(2)16-8(7)10(13)14/h3,5H,4H2,1-2H3,(H2,11,12)(H,13,14). The van der Waals surface area contributed by atoms with Gasteiger partial charge in [-0.3, -0.25) is 4.79 Å². The number of hydrogen-bond acceptors (Lipinski definition) is 4. The Bertz CT molecular complexity index is 413. The lowest BCUT2D eigenvalue weighted by molar-refractivity contribution is -0.122. The predicted octanol–water partition coefficient (Wildman–Crippen LogP) is 1.25. The smallest absolute Gasteiger partial charge is 0.349 e. The van der Waals surface area contributed by atoms with Gasteiger partial charge >= 0.3 is 5.97 Å². The van der Waals surface area contributed by atoms with Gasteiger partial charge in [-0.1, -0.05) is 6.92 Å². The van der Waals surface area contributed by atoms with Crippen LogP contribution < -0.4 is 10.5 Å². The van der Waals surface area contributed by atoms with Crippen molar-refractivity contribution in [3.8, 4) is 5.75 Å². The zero-order valence-electron chi connectivity index (χ0n) is 9.02. The second-order valence-corrected chi connectivity index (χ2v) is 4.73. The molecule has 1 aromatic heterocycles. The molecule has 3 N–H and O–H groups in total. The number of aromatic carboxylic acids is 1. The summed E-state index contributed by atoms with van der Waals surface area (Å²) in [6.07, 6.45) is 0. The molecule has 88 valence electrons. The van der Waals surface area contributed by atoms with Gasteiger partial charge in [-0.25, -0.2) is 4.79 Å². The summed E-state index contributed by atoms with van der Waals surface area (Å²) in [6.45, 7) is 3.51. The van der Waals surface area contributed by atoms with E-state index in [0.29, 0.717) is 5.75 Å². The highest BCUT2D eigenvalue weighted by Gasteiger charge is 2.17. The maximum Gasteiger partial charge on any atom is 0.349 e.